The van der Waals surface area contributed by atoms with Gasteiger partial charge in [0.25, 0.3) is 0 Å². The Kier molecular flexibility index (Phi) is 4.84. The number of benzene rings is 1. The van der Waals surface area contributed by atoms with Crippen molar-refractivity contribution in [1.82, 2.24) is 5.43 Å². The molecular formula is C17H28N2O. The van der Waals surface area contributed by atoms with Crippen molar-refractivity contribution in [2.45, 2.75) is 59.3 Å². The first-order valence-corrected chi connectivity index (χ1v) is 7.61. The number of ether oxygens (including phenoxy) is 1. The highest BCUT2D eigenvalue weighted by molar-refractivity contribution is 5.31. The molecule has 5 unspecified atom stereocenters. The first kappa shape index (κ1) is 15.5. The van der Waals surface area contributed by atoms with Gasteiger partial charge in [-0.1, -0.05) is 30.7 Å². The van der Waals surface area contributed by atoms with Crippen LogP contribution >= 0.6 is 0 Å². The van der Waals surface area contributed by atoms with Crippen molar-refractivity contribution in [2.24, 2.45) is 17.7 Å². The van der Waals surface area contributed by atoms with Gasteiger partial charge in [-0.3, -0.25) is 11.3 Å². The van der Waals surface area contributed by atoms with Gasteiger partial charge in [-0.15, -0.1) is 0 Å². The lowest BCUT2D eigenvalue weighted by molar-refractivity contribution is 0.0475. The van der Waals surface area contributed by atoms with E-state index in [1.54, 1.807) is 0 Å². The van der Waals surface area contributed by atoms with Gasteiger partial charge in [0.05, 0.1) is 12.2 Å². The zero-order valence-corrected chi connectivity index (χ0v) is 13.3. The molecule has 3 heteroatoms. The van der Waals surface area contributed by atoms with E-state index in [1.165, 1.54) is 16.7 Å². The molecule has 5 atom stereocenters. The van der Waals surface area contributed by atoms with Crippen LogP contribution in [0.1, 0.15) is 37.5 Å². The molecule has 0 aromatic heterocycles. The van der Waals surface area contributed by atoms with Crippen molar-refractivity contribution in [1.29, 1.82) is 0 Å². The molecule has 1 aromatic rings. The normalized spacial score (nSPS) is 31.5. The Morgan fingerprint density at radius 3 is 2.45 bits per heavy atom. The maximum Gasteiger partial charge on any atom is 0.0597 e. The first-order chi connectivity index (χ1) is 9.43. The van der Waals surface area contributed by atoms with Gasteiger partial charge in [-0.05, 0) is 51.2 Å². The van der Waals surface area contributed by atoms with Crippen LogP contribution in [0.3, 0.4) is 0 Å². The Bertz CT molecular complexity index is 460. The van der Waals surface area contributed by atoms with Crippen molar-refractivity contribution in [3.8, 4) is 0 Å². The summed E-state index contributed by atoms with van der Waals surface area (Å²) in [5, 5.41) is 0. The van der Waals surface area contributed by atoms with Crippen LogP contribution in [0.15, 0.2) is 18.2 Å². The van der Waals surface area contributed by atoms with E-state index in [1.807, 2.05) is 0 Å². The van der Waals surface area contributed by atoms with Crippen LogP contribution in [-0.4, -0.2) is 18.2 Å². The summed E-state index contributed by atoms with van der Waals surface area (Å²) in [5.41, 5.74) is 7.06. The molecule has 1 aliphatic heterocycles. The molecular weight excluding hydrogens is 248 g/mol. The predicted molar refractivity (Wildman–Crippen MR) is 83.4 cm³/mol. The number of nitrogens with two attached hydrogens (primary N) is 1. The molecule has 1 heterocycles. The highest BCUT2D eigenvalue weighted by atomic mass is 16.5. The summed E-state index contributed by atoms with van der Waals surface area (Å²) in [6, 6.07) is 6.88. The van der Waals surface area contributed by atoms with Crippen molar-refractivity contribution >= 4 is 0 Å². The number of hydrogen-bond donors (Lipinski definition) is 2. The lowest BCUT2D eigenvalue weighted by Gasteiger charge is -2.29. The molecule has 20 heavy (non-hydrogen) atoms. The number of rotatable bonds is 4. The summed E-state index contributed by atoms with van der Waals surface area (Å²) < 4.78 is 5.96. The minimum Gasteiger partial charge on any atom is -0.375 e. The summed E-state index contributed by atoms with van der Waals surface area (Å²) >= 11 is 0. The third-order valence-electron chi connectivity index (χ3n) is 4.94. The van der Waals surface area contributed by atoms with Crippen LogP contribution in [0.25, 0.3) is 0 Å². The molecule has 1 fully saturated rings. The van der Waals surface area contributed by atoms with E-state index in [-0.39, 0.29) is 12.1 Å². The summed E-state index contributed by atoms with van der Waals surface area (Å²) in [6.07, 6.45) is 1.52. The number of hydrogen-bond acceptors (Lipinski definition) is 3. The maximum absolute atomic E-state index is 5.96. The van der Waals surface area contributed by atoms with Gasteiger partial charge < -0.3 is 4.74 Å². The Morgan fingerprint density at radius 2 is 1.90 bits per heavy atom. The molecule has 1 aliphatic rings. The molecule has 1 aromatic carbocycles. The average molecular weight is 276 g/mol. The van der Waals surface area contributed by atoms with Gasteiger partial charge in [-0.2, -0.15) is 0 Å². The highest BCUT2D eigenvalue weighted by Gasteiger charge is 2.41. The molecule has 0 spiro atoms. The highest BCUT2D eigenvalue weighted by Crippen LogP contribution is 2.35. The van der Waals surface area contributed by atoms with Crippen LogP contribution < -0.4 is 11.3 Å². The molecule has 3 nitrogen and oxygen atoms in total. The third-order valence-corrected chi connectivity index (χ3v) is 4.94. The first-order valence-electron chi connectivity index (χ1n) is 7.61. The van der Waals surface area contributed by atoms with Crippen molar-refractivity contribution in [2.75, 3.05) is 0 Å². The van der Waals surface area contributed by atoms with E-state index in [4.69, 9.17) is 10.6 Å². The zero-order chi connectivity index (χ0) is 14.9. The fraction of sp³-hybridized carbons (Fsp3) is 0.647. The third kappa shape index (κ3) is 3.05. The second kappa shape index (κ2) is 6.25. The summed E-state index contributed by atoms with van der Waals surface area (Å²) in [5.74, 6) is 6.83. The second-order valence-electron chi connectivity index (χ2n) is 6.39. The van der Waals surface area contributed by atoms with Crippen molar-refractivity contribution < 1.29 is 4.74 Å². The van der Waals surface area contributed by atoms with E-state index < -0.39 is 0 Å². The molecule has 1 saturated heterocycles. The quantitative estimate of drug-likeness (QED) is 0.656. The van der Waals surface area contributed by atoms with Crippen LogP contribution in [0.2, 0.25) is 0 Å². The Labute approximate surface area is 122 Å². The minimum atomic E-state index is 0.255. The molecule has 0 aliphatic carbocycles. The van der Waals surface area contributed by atoms with Gasteiger partial charge in [0.1, 0.15) is 0 Å². The number of aryl methyl sites for hydroxylation is 2. The van der Waals surface area contributed by atoms with E-state index >= 15 is 0 Å². The molecule has 3 N–H and O–H groups in total. The van der Waals surface area contributed by atoms with Crippen LogP contribution in [0, 0.1) is 25.7 Å². The Morgan fingerprint density at radius 1 is 1.20 bits per heavy atom. The number of nitrogens with one attached hydrogen (secondary N) is 1. The van der Waals surface area contributed by atoms with Crippen molar-refractivity contribution in [3.05, 3.63) is 34.9 Å². The molecule has 0 radical (unpaired) electrons. The molecule has 0 amide bonds. The summed E-state index contributed by atoms with van der Waals surface area (Å²) in [7, 11) is 0. The summed E-state index contributed by atoms with van der Waals surface area (Å²) in [6.45, 7) is 10.9. The van der Waals surface area contributed by atoms with Gasteiger partial charge in [0.2, 0.25) is 0 Å². The van der Waals surface area contributed by atoms with Gasteiger partial charge in [-0.25, -0.2) is 0 Å². The van der Waals surface area contributed by atoms with E-state index in [2.05, 4.69) is 58.2 Å². The summed E-state index contributed by atoms with van der Waals surface area (Å²) in [4.78, 5) is 0. The molecule has 0 saturated carbocycles. The second-order valence-corrected chi connectivity index (χ2v) is 6.39. The van der Waals surface area contributed by atoms with E-state index in [0.717, 1.165) is 6.42 Å². The average Bonchev–Trinajstić information content (AvgIpc) is 2.65. The zero-order valence-electron chi connectivity index (χ0n) is 13.3. The molecule has 112 valence electrons. The minimum absolute atomic E-state index is 0.255. The smallest absolute Gasteiger partial charge is 0.0597 e. The van der Waals surface area contributed by atoms with Crippen molar-refractivity contribution in [3.63, 3.8) is 0 Å². The Hall–Kier alpha value is -0.900. The lowest BCUT2D eigenvalue weighted by atomic mass is 9.80. The topological polar surface area (TPSA) is 47.3 Å². The van der Waals surface area contributed by atoms with Gasteiger partial charge in [0.15, 0.2) is 0 Å². The fourth-order valence-electron chi connectivity index (χ4n) is 3.55. The lowest BCUT2D eigenvalue weighted by Crippen LogP contribution is -2.46. The van der Waals surface area contributed by atoms with Crippen LogP contribution in [0.5, 0.6) is 0 Å². The van der Waals surface area contributed by atoms with Gasteiger partial charge >= 0.3 is 0 Å². The van der Waals surface area contributed by atoms with Crippen LogP contribution in [0.4, 0.5) is 0 Å². The Balaban J connectivity index is 2.19. The molecule has 0 bridgehead atoms. The van der Waals surface area contributed by atoms with E-state index in [9.17, 15) is 0 Å². The van der Waals surface area contributed by atoms with E-state index in [0.29, 0.717) is 17.9 Å². The SMILES string of the molecule is Cc1ccc(C)c(CC(NN)C2C(C)OC(C)C2C)c1. The standard InChI is InChI=1S/C17H28N2O/c1-10-6-7-11(2)15(8-10)9-16(19-18)17-12(3)13(4)20-14(17)5/h6-8,12-14,16-17,19H,9,18H2,1-5H3. The van der Waals surface area contributed by atoms with Gasteiger partial charge in [0, 0.05) is 12.0 Å². The number of hydrazine groups is 1. The maximum atomic E-state index is 5.96. The fourth-order valence-corrected chi connectivity index (χ4v) is 3.55. The monoisotopic (exact) mass is 276 g/mol. The van der Waals surface area contributed by atoms with Crippen LogP contribution in [-0.2, 0) is 11.2 Å². The molecule has 2 rings (SSSR count). The predicted octanol–water partition coefficient (Wildman–Crippen LogP) is 2.74. The largest absolute Gasteiger partial charge is 0.375 e.